The lowest BCUT2D eigenvalue weighted by molar-refractivity contribution is -0.135. The van der Waals surface area contributed by atoms with Gasteiger partial charge in [-0.15, -0.1) is 0 Å². The molecule has 0 aromatic carbocycles. The normalized spacial score (nSPS) is 38.0. The van der Waals surface area contributed by atoms with E-state index in [9.17, 15) is 4.79 Å². The van der Waals surface area contributed by atoms with Crippen molar-refractivity contribution in [2.24, 2.45) is 23.7 Å². The van der Waals surface area contributed by atoms with Crippen LogP contribution in [0.15, 0.2) is 0 Å². The Morgan fingerprint density at radius 3 is 2.26 bits per heavy atom. The van der Waals surface area contributed by atoms with Crippen LogP contribution in [0.2, 0.25) is 0 Å². The number of amides is 1. The second-order valence-electron chi connectivity index (χ2n) is 8.97. The van der Waals surface area contributed by atoms with E-state index in [1.165, 1.54) is 71.0 Å². The average Bonchev–Trinajstić information content (AvgIpc) is 2.73. The minimum Gasteiger partial charge on any atom is -0.339 e. The molecule has 2 aliphatic carbocycles. The fourth-order valence-electron chi connectivity index (χ4n) is 6.18. The van der Waals surface area contributed by atoms with E-state index in [2.05, 4.69) is 16.7 Å². The van der Waals surface area contributed by atoms with Gasteiger partial charge >= 0.3 is 0 Å². The SMILES string of the molecule is CCCN1CCC(CC(=O)N2CC3C[C@@H]4CC2C[C@H](C3)C4)CC1. The van der Waals surface area contributed by atoms with Crippen molar-refractivity contribution in [3.05, 3.63) is 0 Å². The van der Waals surface area contributed by atoms with Crippen molar-refractivity contribution < 1.29 is 4.79 Å². The summed E-state index contributed by atoms with van der Waals surface area (Å²) in [5.74, 6) is 3.84. The highest BCUT2D eigenvalue weighted by atomic mass is 16.2. The van der Waals surface area contributed by atoms with E-state index < -0.39 is 0 Å². The number of likely N-dealkylation sites (tertiary alicyclic amines) is 1. The van der Waals surface area contributed by atoms with Crippen LogP contribution in [0.25, 0.3) is 0 Å². The second-order valence-corrected chi connectivity index (χ2v) is 8.97. The number of nitrogens with zero attached hydrogens (tertiary/aromatic N) is 2. The number of hydrogen-bond donors (Lipinski definition) is 0. The summed E-state index contributed by atoms with van der Waals surface area (Å²) in [6.45, 7) is 7.01. The molecule has 0 aromatic heterocycles. The predicted octanol–water partition coefficient (Wildman–Crippen LogP) is 3.54. The number of fused-ring (bicyclic) bond motifs is 1. The molecular formula is C20H34N2O. The van der Waals surface area contributed by atoms with Gasteiger partial charge in [-0.05, 0) is 94.7 Å². The molecular weight excluding hydrogens is 284 g/mol. The van der Waals surface area contributed by atoms with Crippen LogP contribution in [0.5, 0.6) is 0 Å². The Balaban J connectivity index is 1.33. The number of carbonyl (C=O) groups is 1. The van der Waals surface area contributed by atoms with Crippen LogP contribution >= 0.6 is 0 Å². The highest BCUT2D eigenvalue weighted by Crippen LogP contribution is 2.47. The third kappa shape index (κ3) is 3.45. The van der Waals surface area contributed by atoms with Gasteiger partial charge < -0.3 is 9.80 Å². The van der Waals surface area contributed by atoms with Gasteiger partial charge in [0, 0.05) is 19.0 Å². The highest BCUT2D eigenvalue weighted by molar-refractivity contribution is 5.77. The van der Waals surface area contributed by atoms with E-state index in [-0.39, 0.29) is 0 Å². The van der Waals surface area contributed by atoms with Crippen molar-refractivity contribution >= 4 is 5.91 Å². The van der Waals surface area contributed by atoms with Crippen LogP contribution in [0.1, 0.15) is 64.7 Å². The van der Waals surface area contributed by atoms with Crippen LogP contribution in [-0.4, -0.2) is 47.9 Å². The zero-order chi connectivity index (χ0) is 15.8. The molecule has 2 unspecified atom stereocenters. The highest BCUT2D eigenvalue weighted by Gasteiger charge is 2.44. The van der Waals surface area contributed by atoms with Gasteiger partial charge in [-0.1, -0.05) is 6.92 Å². The third-order valence-corrected chi connectivity index (χ3v) is 7.14. The molecule has 0 radical (unpaired) electrons. The molecule has 3 saturated heterocycles. The molecule has 3 heterocycles. The number of carbonyl (C=O) groups excluding carboxylic acids is 1. The quantitative estimate of drug-likeness (QED) is 0.791. The number of piperidine rings is 1. The molecule has 3 aliphatic heterocycles. The van der Waals surface area contributed by atoms with E-state index >= 15 is 0 Å². The Kier molecular flexibility index (Phi) is 4.67. The minimum atomic E-state index is 0.497. The topological polar surface area (TPSA) is 23.6 Å². The molecule has 3 nitrogen and oxygen atoms in total. The van der Waals surface area contributed by atoms with Gasteiger partial charge in [0.1, 0.15) is 0 Å². The minimum absolute atomic E-state index is 0.497. The van der Waals surface area contributed by atoms with Gasteiger partial charge in [-0.3, -0.25) is 4.79 Å². The molecule has 5 aliphatic rings. The van der Waals surface area contributed by atoms with Crippen LogP contribution in [0, 0.1) is 23.7 Å². The second kappa shape index (κ2) is 6.74. The van der Waals surface area contributed by atoms with Crippen molar-refractivity contribution in [1.82, 2.24) is 9.80 Å². The van der Waals surface area contributed by atoms with Gasteiger partial charge in [-0.2, -0.15) is 0 Å². The van der Waals surface area contributed by atoms with Gasteiger partial charge in [-0.25, -0.2) is 0 Å². The van der Waals surface area contributed by atoms with Gasteiger partial charge in [0.15, 0.2) is 0 Å². The standard InChI is InChI=1S/C20H34N2O/c1-2-5-21-6-3-15(4-7-21)13-20(23)22-14-18-9-16-8-17(10-18)12-19(22)11-16/h15-19H,2-14H2,1H3/t16-,17+,18?,19?. The zero-order valence-electron chi connectivity index (χ0n) is 14.9. The summed E-state index contributed by atoms with van der Waals surface area (Å²) in [6, 6.07) is 0.596. The van der Waals surface area contributed by atoms with Crippen molar-refractivity contribution in [3.8, 4) is 0 Å². The van der Waals surface area contributed by atoms with Crippen molar-refractivity contribution in [2.45, 2.75) is 70.8 Å². The lowest BCUT2D eigenvalue weighted by Gasteiger charge is -2.39. The lowest BCUT2D eigenvalue weighted by Crippen LogP contribution is -2.43. The van der Waals surface area contributed by atoms with E-state index in [0.29, 0.717) is 17.9 Å². The fraction of sp³-hybridized carbons (Fsp3) is 0.950. The summed E-state index contributed by atoms with van der Waals surface area (Å²) in [4.78, 5) is 17.9. The van der Waals surface area contributed by atoms with Crippen LogP contribution in [-0.2, 0) is 4.79 Å². The first-order valence-corrected chi connectivity index (χ1v) is 10.2. The molecule has 0 spiro atoms. The van der Waals surface area contributed by atoms with E-state index in [0.717, 1.165) is 30.7 Å². The zero-order valence-corrected chi connectivity index (χ0v) is 14.9. The van der Waals surface area contributed by atoms with Crippen molar-refractivity contribution in [3.63, 3.8) is 0 Å². The first-order valence-electron chi connectivity index (χ1n) is 10.2. The van der Waals surface area contributed by atoms with Gasteiger partial charge in [0.05, 0.1) is 0 Å². The first-order chi connectivity index (χ1) is 11.2. The average molecular weight is 319 g/mol. The molecule has 2 saturated carbocycles. The molecule has 130 valence electrons. The van der Waals surface area contributed by atoms with Crippen molar-refractivity contribution in [2.75, 3.05) is 26.2 Å². The molecule has 4 atom stereocenters. The molecule has 23 heavy (non-hydrogen) atoms. The van der Waals surface area contributed by atoms with Crippen molar-refractivity contribution in [1.29, 1.82) is 0 Å². The molecule has 3 heteroatoms. The van der Waals surface area contributed by atoms with Gasteiger partial charge in [0.25, 0.3) is 0 Å². The summed E-state index contributed by atoms with van der Waals surface area (Å²) in [5, 5.41) is 0. The maximum atomic E-state index is 13.0. The van der Waals surface area contributed by atoms with Crippen LogP contribution in [0.4, 0.5) is 0 Å². The summed E-state index contributed by atoms with van der Waals surface area (Å²) < 4.78 is 0. The van der Waals surface area contributed by atoms with E-state index in [1.54, 1.807) is 0 Å². The maximum Gasteiger partial charge on any atom is 0.223 e. The summed E-state index contributed by atoms with van der Waals surface area (Å²) in [6.07, 6.45) is 11.5. The number of rotatable bonds is 4. The molecule has 5 fully saturated rings. The molecule has 1 amide bonds. The van der Waals surface area contributed by atoms with E-state index in [1.807, 2.05) is 0 Å². The Hall–Kier alpha value is -0.570. The molecule has 0 aromatic rings. The first kappa shape index (κ1) is 15.9. The number of hydrogen-bond acceptors (Lipinski definition) is 2. The lowest BCUT2D eigenvalue weighted by atomic mass is 9.68. The molecule has 0 N–H and O–H groups in total. The summed E-state index contributed by atoms with van der Waals surface area (Å²) in [5.41, 5.74) is 0. The maximum absolute atomic E-state index is 13.0. The van der Waals surface area contributed by atoms with Gasteiger partial charge in [0.2, 0.25) is 5.91 Å². The largest absolute Gasteiger partial charge is 0.339 e. The predicted molar refractivity (Wildman–Crippen MR) is 93.1 cm³/mol. The Labute approximate surface area is 141 Å². The smallest absolute Gasteiger partial charge is 0.223 e. The Morgan fingerprint density at radius 2 is 1.61 bits per heavy atom. The molecule has 5 rings (SSSR count). The van der Waals surface area contributed by atoms with Crippen LogP contribution in [0.3, 0.4) is 0 Å². The van der Waals surface area contributed by atoms with Crippen LogP contribution < -0.4 is 0 Å². The Bertz CT molecular complexity index is 415. The Morgan fingerprint density at radius 1 is 0.957 bits per heavy atom. The monoisotopic (exact) mass is 318 g/mol. The third-order valence-electron chi connectivity index (χ3n) is 7.14. The van der Waals surface area contributed by atoms with E-state index in [4.69, 9.17) is 0 Å². The summed E-state index contributed by atoms with van der Waals surface area (Å²) >= 11 is 0. The molecule has 4 bridgehead atoms. The summed E-state index contributed by atoms with van der Waals surface area (Å²) in [7, 11) is 0. The fourth-order valence-corrected chi connectivity index (χ4v) is 6.18.